The summed E-state index contributed by atoms with van der Waals surface area (Å²) < 4.78 is 11.7. The van der Waals surface area contributed by atoms with Crippen LogP contribution in [0.3, 0.4) is 0 Å². The van der Waals surface area contributed by atoms with E-state index in [1.807, 2.05) is 0 Å². The average Bonchev–Trinajstić information content (AvgIpc) is 2.45. The van der Waals surface area contributed by atoms with Crippen molar-refractivity contribution >= 4 is 16.7 Å². The molecule has 1 aromatic carbocycles. The SMILES string of the molecule is COc1cc(OC)c2ccn(CCC(=O)O)c(=O)c2c1. The molecule has 2 aromatic rings. The number of aromatic nitrogens is 1. The number of aliphatic carboxylic acids is 1. The summed E-state index contributed by atoms with van der Waals surface area (Å²) in [5.74, 6) is 0.115. The maximum atomic E-state index is 12.3. The number of hydrogen-bond donors (Lipinski definition) is 1. The summed E-state index contributed by atoms with van der Waals surface area (Å²) in [5, 5.41) is 9.80. The molecule has 0 radical (unpaired) electrons. The lowest BCUT2D eigenvalue weighted by Gasteiger charge is -2.10. The van der Waals surface area contributed by atoms with Crippen LogP contribution in [0.25, 0.3) is 10.8 Å². The van der Waals surface area contributed by atoms with Crippen LogP contribution in [0, 0.1) is 0 Å². The molecular formula is C14H15NO5. The van der Waals surface area contributed by atoms with E-state index in [4.69, 9.17) is 14.6 Å². The first-order valence-electron chi connectivity index (χ1n) is 6.03. The molecule has 0 aliphatic carbocycles. The molecule has 20 heavy (non-hydrogen) atoms. The minimum absolute atomic E-state index is 0.105. The van der Waals surface area contributed by atoms with Gasteiger partial charge in [-0.2, -0.15) is 0 Å². The molecule has 1 heterocycles. The van der Waals surface area contributed by atoms with Crippen molar-refractivity contribution in [3.8, 4) is 11.5 Å². The Morgan fingerprint density at radius 1 is 1.25 bits per heavy atom. The second-order valence-electron chi connectivity index (χ2n) is 4.25. The summed E-state index contributed by atoms with van der Waals surface area (Å²) in [6.45, 7) is 0.129. The number of pyridine rings is 1. The van der Waals surface area contributed by atoms with Gasteiger partial charge in [0.1, 0.15) is 11.5 Å². The molecule has 0 fully saturated rings. The average molecular weight is 277 g/mol. The molecule has 0 amide bonds. The number of ether oxygens (including phenoxy) is 2. The van der Waals surface area contributed by atoms with E-state index in [0.717, 1.165) is 0 Å². The van der Waals surface area contributed by atoms with Gasteiger partial charge in [-0.05, 0) is 12.1 Å². The number of rotatable bonds is 5. The van der Waals surface area contributed by atoms with E-state index in [1.54, 1.807) is 24.4 Å². The van der Waals surface area contributed by atoms with Crippen LogP contribution in [-0.2, 0) is 11.3 Å². The first-order chi connectivity index (χ1) is 9.56. The minimum Gasteiger partial charge on any atom is -0.497 e. The quantitative estimate of drug-likeness (QED) is 0.896. The normalized spacial score (nSPS) is 10.5. The summed E-state index contributed by atoms with van der Waals surface area (Å²) in [6.07, 6.45) is 1.47. The largest absolute Gasteiger partial charge is 0.497 e. The number of fused-ring (bicyclic) bond motifs is 1. The van der Waals surface area contributed by atoms with Crippen LogP contribution < -0.4 is 15.0 Å². The number of nitrogens with zero attached hydrogens (tertiary/aromatic N) is 1. The summed E-state index contributed by atoms with van der Waals surface area (Å²) >= 11 is 0. The van der Waals surface area contributed by atoms with Gasteiger partial charge >= 0.3 is 5.97 Å². The third kappa shape index (κ3) is 2.59. The number of aryl methyl sites for hydroxylation is 1. The molecule has 6 nitrogen and oxygen atoms in total. The van der Waals surface area contributed by atoms with Crippen LogP contribution in [0.2, 0.25) is 0 Å². The highest BCUT2D eigenvalue weighted by molar-refractivity contribution is 5.89. The molecule has 0 atom stereocenters. The van der Waals surface area contributed by atoms with Gasteiger partial charge in [-0.1, -0.05) is 0 Å². The topological polar surface area (TPSA) is 77.8 Å². The zero-order chi connectivity index (χ0) is 14.7. The van der Waals surface area contributed by atoms with E-state index >= 15 is 0 Å². The van der Waals surface area contributed by atoms with E-state index < -0.39 is 5.97 Å². The number of hydrogen-bond acceptors (Lipinski definition) is 4. The highest BCUT2D eigenvalue weighted by atomic mass is 16.5. The van der Waals surface area contributed by atoms with Crippen molar-refractivity contribution in [2.75, 3.05) is 14.2 Å². The number of carboxylic acid groups (broad SMARTS) is 1. The Bertz CT molecular complexity index is 705. The molecule has 1 aromatic heterocycles. The van der Waals surface area contributed by atoms with Crippen LogP contribution in [0.5, 0.6) is 11.5 Å². The molecule has 0 unspecified atom stereocenters. The third-order valence-electron chi connectivity index (χ3n) is 3.05. The Labute approximate surface area is 115 Å². The Kier molecular flexibility index (Phi) is 3.93. The maximum absolute atomic E-state index is 12.3. The number of carboxylic acids is 1. The van der Waals surface area contributed by atoms with Crippen molar-refractivity contribution in [1.29, 1.82) is 0 Å². The van der Waals surface area contributed by atoms with Gasteiger partial charge in [0.25, 0.3) is 5.56 Å². The Hall–Kier alpha value is -2.50. The fourth-order valence-electron chi connectivity index (χ4n) is 2.02. The molecule has 1 N–H and O–H groups in total. The maximum Gasteiger partial charge on any atom is 0.305 e. The lowest BCUT2D eigenvalue weighted by molar-refractivity contribution is -0.137. The van der Waals surface area contributed by atoms with E-state index in [2.05, 4.69) is 0 Å². The van der Waals surface area contributed by atoms with Crippen LogP contribution in [-0.4, -0.2) is 29.9 Å². The highest BCUT2D eigenvalue weighted by Gasteiger charge is 2.10. The summed E-state index contributed by atoms with van der Waals surface area (Å²) in [5.41, 5.74) is -0.263. The second-order valence-corrected chi connectivity index (χ2v) is 4.25. The van der Waals surface area contributed by atoms with Gasteiger partial charge in [-0.25, -0.2) is 0 Å². The van der Waals surface area contributed by atoms with Crippen molar-refractivity contribution in [2.45, 2.75) is 13.0 Å². The van der Waals surface area contributed by atoms with Crippen molar-refractivity contribution in [2.24, 2.45) is 0 Å². The summed E-state index contributed by atoms with van der Waals surface area (Å²) in [6, 6.07) is 5.05. The lowest BCUT2D eigenvalue weighted by Crippen LogP contribution is -2.21. The molecule has 0 bridgehead atoms. The summed E-state index contributed by atoms with van der Waals surface area (Å²) in [7, 11) is 3.02. The lowest BCUT2D eigenvalue weighted by atomic mass is 10.1. The highest BCUT2D eigenvalue weighted by Crippen LogP contribution is 2.28. The molecule has 0 aliphatic heterocycles. The zero-order valence-corrected chi connectivity index (χ0v) is 11.3. The van der Waals surface area contributed by atoms with Gasteiger partial charge in [-0.15, -0.1) is 0 Å². The van der Waals surface area contributed by atoms with Gasteiger partial charge in [0.2, 0.25) is 0 Å². The molecule has 0 spiro atoms. The van der Waals surface area contributed by atoms with Gasteiger partial charge in [0.05, 0.1) is 26.0 Å². The Morgan fingerprint density at radius 3 is 2.60 bits per heavy atom. The van der Waals surface area contributed by atoms with Gasteiger partial charge in [0.15, 0.2) is 0 Å². The third-order valence-corrected chi connectivity index (χ3v) is 3.05. The monoisotopic (exact) mass is 277 g/mol. The Balaban J connectivity index is 2.59. The first-order valence-corrected chi connectivity index (χ1v) is 6.03. The fraction of sp³-hybridized carbons (Fsp3) is 0.286. The molecule has 106 valence electrons. The molecular weight excluding hydrogens is 262 g/mol. The summed E-state index contributed by atoms with van der Waals surface area (Å²) in [4.78, 5) is 22.9. The van der Waals surface area contributed by atoms with Crippen molar-refractivity contribution in [3.05, 3.63) is 34.7 Å². The molecule has 0 aliphatic rings. The first kappa shape index (κ1) is 13.9. The number of methoxy groups -OCH3 is 2. The van der Waals surface area contributed by atoms with Crippen molar-refractivity contribution in [1.82, 2.24) is 4.57 Å². The van der Waals surface area contributed by atoms with Gasteiger partial charge < -0.3 is 19.1 Å². The van der Waals surface area contributed by atoms with E-state index in [9.17, 15) is 9.59 Å². The molecule has 0 saturated carbocycles. The van der Waals surface area contributed by atoms with E-state index in [-0.39, 0.29) is 18.5 Å². The second kappa shape index (κ2) is 5.64. The number of carbonyl (C=O) groups is 1. The van der Waals surface area contributed by atoms with Crippen LogP contribution in [0.15, 0.2) is 29.2 Å². The standard InChI is InChI=1S/C14H15NO5/c1-19-9-7-11-10(12(8-9)20-2)3-5-15(14(11)18)6-4-13(16)17/h3,5,7-8H,4,6H2,1-2H3,(H,16,17). The van der Waals surface area contributed by atoms with E-state index in [0.29, 0.717) is 22.3 Å². The predicted octanol–water partition coefficient (Wildman–Crippen LogP) is 1.49. The van der Waals surface area contributed by atoms with Crippen molar-refractivity contribution < 1.29 is 19.4 Å². The zero-order valence-electron chi connectivity index (χ0n) is 11.3. The van der Waals surface area contributed by atoms with E-state index in [1.165, 1.54) is 18.8 Å². The van der Waals surface area contributed by atoms with Gasteiger partial charge in [-0.3, -0.25) is 9.59 Å². The fourth-order valence-corrected chi connectivity index (χ4v) is 2.02. The minimum atomic E-state index is -0.944. The Morgan fingerprint density at radius 2 is 2.00 bits per heavy atom. The van der Waals surface area contributed by atoms with Crippen LogP contribution in [0.1, 0.15) is 6.42 Å². The van der Waals surface area contributed by atoms with Crippen LogP contribution in [0.4, 0.5) is 0 Å². The number of benzene rings is 1. The molecule has 0 saturated heterocycles. The van der Waals surface area contributed by atoms with Crippen LogP contribution >= 0.6 is 0 Å². The molecule has 2 rings (SSSR count). The van der Waals surface area contributed by atoms with Crippen molar-refractivity contribution in [3.63, 3.8) is 0 Å². The smallest absolute Gasteiger partial charge is 0.305 e. The predicted molar refractivity (Wildman–Crippen MR) is 73.6 cm³/mol. The molecule has 6 heteroatoms. The van der Waals surface area contributed by atoms with Gasteiger partial charge in [0, 0.05) is 24.2 Å².